The molecule has 1 aromatic rings. The molecule has 24 heavy (non-hydrogen) atoms. The highest BCUT2D eigenvalue weighted by atomic mass is 32.1. The van der Waals surface area contributed by atoms with Crippen LogP contribution in [0.25, 0.3) is 0 Å². The summed E-state index contributed by atoms with van der Waals surface area (Å²) in [6, 6.07) is 0.0381. The predicted octanol–water partition coefficient (Wildman–Crippen LogP) is 2.44. The summed E-state index contributed by atoms with van der Waals surface area (Å²) in [4.78, 5) is 25.4. The average molecular weight is 351 g/mol. The zero-order chi connectivity index (χ0) is 16.8. The molecule has 3 heterocycles. The lowest BCUT2D eigenvalue weighted by Gasteiger charge is -2.31. The first-order valence-electron chi connectivity index (χ1n) is 9.36. The lowest BCUT2D eigenvalue weighted by Crippen LogP contribution is -2.48. The minimum atomic E-state index is 0.0381. The molecule has 2 aliphatic heterocycles. The third kappa shape index (κ3) is 4.77. The second kappa shape index (κ2) is 8.92. The molecule has 1 atom stereocenters. The van der Waals surface area contributed by atoms with Crippen molar-refractivity contribution in [3.05, 3.63) is 16.6 Å². The maximum atomic E-state index is 12.9. The number of carbonyl (C=O) groups excluding carboxylic acids is 1. The van der Waals surface area contributed by atoms with Gasteiger partial charge in [-0.15, -0.1) is 11.3 Å². The van der Waals surface area contributed by atoms with Crippen LogP contribution in [0.4, 0.5) is 0 Å². The molecule has 2 saturated heterocycles. The van der Waals surface area contributed by atoms with Crippen molar-refractivity contribution >= 4 is 17.2 Å². The number of hydrogen-bond donors (Lipinski definition) is 0. The van der Waals surface area contributed by atoms with Crippen LogP contribution in [0, 0.1) is 0 Å². The summed E-state index contributed by atoms with van der Waals surface area (Å²) in [7, 11) is 0. The number of amides is 1. The molecule has 1 unspecified atom stereocenters. The van der Waals surface area contributed by atoms with Crippen LogP contribution in [-0.4, -0.2) is 70.9 Å². The van der Waals surface area contributed by atoms with Gasteiger partial charge in [0.15, 0.2) is 0 Å². The highest BCUT2D eigenvalue weighted by Gasteiger charge is 2.27. The minimum Gasteiger partial charge on any atom is -0.340 e. The van der Waals surface area contributed by atoms with Crippen LogP contribution in [0.15, 0.2) is 11.7 Å². The fraction of sp³-hybridized carbons (Fsp3) is 0.778. The van der Waals surface area contributed by atoms with Crippen molar-refractivity contribution in [1.29, 1.82) is 0 Å². The van der Waals surface area contributed by atoms with E-state index >= 15 is 0 Å². The normalized spacial score (nSPS) is 22.8. The topological polar surface area (TPSA) is 39.7 Å². The molecule has 0 saturated carbocycles. The second-order valence-corrected chi connectivity index (χ2v) is 8.02. The number of aromatic nitrogens is 1. The Hall–Kier alpha value is -0.980. The average Bonchev–Trinajstić information content (AvgIpc) is 2.84. The van der Waals surface area contributed by atoms with Crippen LogP contribution in [-0.2, 0) is 11.3 Å². The summed E-state index contributed by atoms with van der Waals surface area (Å²) in [5.41, 5.74) is 1.89. The number of likely N-dealkylation sites (tertiary alicyclic amines) is 1. The van der Waals surface area contributed by atoms with E-state index in [9.17, 15) is 4.79 Å². The standard InChI is InChI=1S/C18H30N4OS/c1-16(21-8-4-2-3-5-9-21)18(23)22-10-6-7-20(11-12-22)14-17-13-19-15-24-17/h13,15-16H,2-12,14H2,1H3. The zero-order valence-electron chi connectivity index (χ0n) is 14.8. The van der Waals surface area contributed by atoms with E-state index in [4.69, 9.17) is 0 Å². The molecule has 0 spiro atoms. The van der Waals surface area contributed by atoms with Gasteiger partial charge < -0.3 is 4.90 Å². The van der Waals surface area contributed by atoms with Crippen molar-refractivity contribution in [1.82, 2.24) is 19.7 Å². The summed E-state index contributed by atoms with van der Waals surface area (Å²) in [5, 5.41) is 0. The lowest BCUT2D eigenvalue weighted by molar-refractivity contribution is -0.136. The first-order valence-corrected chi connectivity index (χ1v) is 10.2. The Labute approximate surface area is 149 Å². The molecule has 0 bridgehead atoms. The summed E-state index contributed by atoms with van der Waals surface area (Å²) < 4.78 is 0. The summed E-state index contributed by atoms with van der Waals surface area (Å²) in [5.74, 6) is 0.330. The van der Waals surface area contributed by atoms with Gasteiger partial charge in [-0.25, -0.2) is 0 Å². The van der Waals surface area contributed by atoms with Gasteiger partial charge in [-0.3, -0.25) is 19.6 Å². The highest BCUT2D eigenvalue weighted by Crippen LogP contribution is 2.16. The third-order valence-electron chi connectivity index (χ3n) is 5.31. The molecule has 2 aliphatic rings. The van der Waals surface area contributed by atoms with Crippen LogP contribution in [0.5, 0.6) is 0 Å². The second-order valence-electron chi connectivity index (χ2n) is 7.05. The van der Waals surface area contributed by atoms with Gasteiger partial charge in [0.25, 0.3) is 0 Å². The number of hydrogen-bond acceptors (Lipinski definition) is 5. The molecule has 1 aromatic heterocycles. The molecule has 0 N–H and O–H groups in total. The molecular weight excluding hydrogens is 320 g/mol. The zero-order valence-corrected chi connectivity index (χ0v) is 15.6. The number of nitrogens with zero attached hydrogens (tertiary/aromatic N) is 4. The highest BCUT2D eigenvalue weighted by molar-refractivity contribution is 7.09. The first-order chi connectivity index (χ1) is 11.7. The van der Waals surface area contributed by atoms with Gasteiger partial charge in [0.1, 0.15) is 0 Å². The number of thiazole rings is 1. The Morgan fingerprint density at radius 1 is 1.08 bits per heavy atom. The molecule has 0 aliphatic carbocycles. The largest absolute Gasteiger partial charge is 0.340 e. The molecule has 2 fully saturated rings. The molecule has 1 amide bonds. The van der Waals surface area contributed by atoms with Crippen LogP contribution in [0.2, 0.25) is 0 Å². The van der Waals surface area contributed by atoms with E-state index in [2.05, 4.69) is 26.6 Å². The summed E-state index contributed by atoms with van der Waals surface area (Å²) >= 11 is 1.72. The fourth-order valence-electron chi connectivity index (χ4n) is 3.79. The smallest absolute Gasteiger partial charge is 0.239 e. The quantitative estimate of drug-likeness (QED) is 0.836. The van der Waals surface area contributed by atoms with Crippen molar-refractivity contribution in [2.24, 2.45) is 0 Å². The van der Waals surface area contributed by atoms with E-state index < -0.39 is 0 Å². The summed E-state index contributed by atoms with van der Waals surface area (Å²) in [6.07, 6.45) is 8.12. The van der Waals surface area contributed by atoms with Crippen molar-refractivity contribution < 1.29 is 4.79 Å². The van der Waals surface area contributed by atoms with E-state index in [1.807, 2.05) is 11.7 Å². The molecule has 134 valence electrons. The summed E-state index contributed by atoms with van der Waals surface area (Å²) in [6.45, 7) is 9.03. The van der Waals surface area contributed by atoms with Crippen LogP contribution >= 0.6 is 11.3 Å². The predicted molar refractivity (Wildman–Crippen MR) is 98.1 cm³/mol. The van der Waals surface area contributed by atoms with Crippen molar-refractivity contribution in [2.45, 2.75) is 51.6 Å². The van der Waals surface area contributed by atoms with Gasteiger partial charge in [0.05, 0.1) is 11.6 Å². The Kier molecular flexibility index (Phi) is 6.63. The van der Waals surface area contributed by atoms with Crippen LogP contribution < -0.4 is 0 Å². The lowest BCUT2D eigenvalue weighted by atomic mass is 10.2. The minimum absolute atomic E-state index is 0.0381. The SMILES string of the molecule is CC(C(=O)N1CCCN(Cc2cncs2)CC1)N1CCCCCC1. The van der Waals surface area contributed by atoms with Gasteiger partial charge >= 0.3 is 0 Å². The maximum absolute atomic E-state index is 12.9. The van der Waals surface area contributed by atoms with Crippen LogP contribution in [0.1, 0.15) is 43.9 Å². The maximum Gasteiger partial charge on any atom is 0.239 e. The first kappa shape index (κ1) is 17.8. The molecule has 5 nitrogen and oxygen atoms in total. The van der Waals surface area contributed by atoms with E-state index in [1.165, 1.54) is 30.6 Å². The molecular formula is C18H30N4OS. The van der Waals surface area contributed by atoms with Crippen molar-refractivity contribution in [3.63, 3.8) is 0 Å². The Bertz CT molecular complexity index is 499. The van der Waals surface area contributed by atoms with Gasteiger partial charge in [-0.1, -0.05) is 12.8 Å². The van der Waals surface area contributed by atoms with Gasteiger partial charge in [-0.2, -0.15) is 0 Å². The van der Waals surface area contributed by atoms with E-state index in [-0.39, 0.29) is 6.04 Å². The Balaban J connectivity index is 1.51. The van der Waals surface area contributed by atoms with Gasteiger partial charge in [-0.05, 0) is 39.3 Å². The number of carbonyl (C=O) groups is 1. The van der Waals surface area contributed by atoms with Gasteiger partial charge in [0.2, 0.25) is 5.91 Å². The third-order valence-corrected chi connectivity index (χ3v) is 6.07. The molecule has 0 aromatic carbocycles. The van der Waals surface area contributed by atoms with Crippen molar-refractivity contribution in [3.8, 4) is 0 Å². The van der Waals surface area contributed by atoms with Gasteiger partial charge in [0, 0.05) is 43.8 Å². The Morgan fingerprint density at radius 3 is 2.58 bits per heavy atom. The monoisotopic (exact) mass is 350 g/mol. The molecule has 3 rings (SSSR count). The van der Waals surface area contributed by atoms with E-state index in [0.29, 0.717) is 5.91 Å². The number of rotatable bonds is 4. The molecule has 0 radical (unpaired) electrons. The van der Waals surface area contributed by atoms with Crippen molar-refractivity contribution in [2.75, 3.05) is 39.3 Å². The molecule has 6 heteroatoms. The fourth-order valence-corrected chi connectivity index (χ4v) is 4.43. The van der Waals surface area contributed by atoms with E-state index in [1.54, 1.807) is 11.3 Å². The van der Waals surface area contributed by atoms with E-state index in [0.717, 1.165) is 52.2 Å². The Morgan fingerprint density at radius 2 is 1.88 bits per heavy atom. The van der Waals surface area contributed by atoms with Crippen LogP contribution in [0.3, 0.4) is 0 Å².